The van der Waals surface area contributed by atoms with Gasteiger partial charge in [-0.05, 0) is 25.7 Å². The van der Waals surface area contributed by atoms with E-state index in [1.165, 1.54) is 25.7 Å². The first kappa shape index (κ1) is 7.56. The fraction of sp³-hybridized carbons (Fsp3) is 0.700. The standard InChI is InChI=1S/C10H15N3/c1-2-9-6-10(5-8(1)12-9)13-4-3-11-7-13/h3-4,7-10,12H,1-2,5-6H2/t8-,9+,10?. The van der Waals surface area contributed by atoms with Gasteiger partial charge in [0.1, 0.15) is 0 Å². The van der Waals surface area contributed by atoms with Crippen LogP contribution in [-0.4, -0.2) is 21.6 Å². The summed E-state index contributed by atoms with van der Waals surface area (Å²) in [7, 11) is 0. The number of fused-ring (bicyclic) bond motifs is 2. The van der Waals surface area contributed by atoms with Gasteiger partial charge in [-0.1, -0.05) is 0 Å². The molecule has 0 amide bonds. The number of piperidine rings is 1. The van der Waals surface area contributed by atoms with E-state index in [1.54, 1.807) is 0 Å². The molecule has 1 aromatic rings. The first-order chi connectivity index (χ1) is 6.42. The summed E-state index contributed by atoms with van der Waals surface area (Å²) < 4.78 is 2.27. The Bertz CT molecular complexity index is 268. The van der Waals surface area contributed by atoms with Crippen LogP contribution < -0.4 is 5.32 Å². The summed E-state index contributed by atoms with van der Waals surface area (Å²) >= 11 is 0. The summed E-state index contributed by atoms with van der Waals surface area (Å²) in [6, 6.07) is 2.23. The summed E-state index contributed by atoms with van der Waals surface area (Å²) in [4.78, 5) is 4.11. The third-order valence-electron chi connectivity index (χ3n) is 3.39. The molecule has 1 N–H and O–H groups in total. The van der Waals surface area contributed by atoms with Crippen LogP contribution in [0, 0.1) is 0 Å². The van der Waals surface area contributed by atoms with Gasteiger partial charge in [0.05, 0.1) is 6.33 Å². The molecule has 3 heterocycles. The average Bonchev–Trinajstić information content (AvgIpc) is 2.75. The van der Waals surface area contributed by atoms with Gasteiger partial charge in [-0.2, -0.15) is 0 Å². The molecule has 2 aliphatic heterocycles. The first-order valence-corrected chi connectivity index (χ1v) is 5.15. The number of nitrogens with one attached hydrogen (secondary N) is 1. The molecule has 2 fully saturated rings. The van der Waals surface area contributed by atoms with E-state index in [-0.39, 0.29) is 0 Å². The normalized spacial score (nSPS) is 38.0. The molecular weight excluding hydrogens is 162 g/mol. The minimum absolute atomic E-state index is 0.696. The van der Waals surface area contributed by atoms with Crippen LogP contribution in [0.5, 0.6) is 0 Å². The van der Waals surface area contributed by atoms with E-state index in [1.807, 2.05) is 12.5 Å². The van der Waals surface area contributed by atoms with Gasteiger partial charge in [-0.3, -0.25) is 0 Å². The monoisotopic (exact) mass is 177 g/mol. The topological polar surface area (TPSA) is 29.9 Å². The van der Waals surface area contributed by atoms with Gasteiger partial charge in [0, 0.05) is 30.5 Å². The Balaban J connectivity index is 1.80. The van der Waals surface area contributed by atoms with Crippen LogP contribution in [0.15, 0.2) is 18.7 Å². The number of hydrogen-bond acceptors (Lipinski definition) is 2. The van der Waals surface area contributed by atoms with Crippen molar-refractivity contribution in [2.45, 2.75) is 43.8 Å². The molecule has 70 valence electrons. The van der Waals surface area contributed by atoms with Crippen molar-refractivity contribution in [3.05, 3.63) is 18.7 Å². The second-order valence-electron chi connectivity index (χ2n) is 4.27. The van der Waals surface area contributed by atoms with E-state index in [0.717, 1.165) is 12.1 Å². The zero-order valence-electron chi connectivity index (χ0n) is 7.69. The lowest BCUT2D eigenvalue weighted by Crippen LogP contribution is -2.38. The summed E-state index contributed by atoms with van der Waals surface area (Å²) in [5.74, 6) is 0. The van der Waals surface area contributed by atoms with E-state index < -0.39 is 0 Å². The van der Waals surface area contributed by atoms with Crippen LogP contribution in [0.2, 0.25) is 0 Å². The molecule has 1 unspecified atom stereocenters. The van der Waals surface area contributed by atoms with Crippen molar-refractivity contribution in [2.75, 3.05) is 0 Å². The Labute approximate surface area is 78.2 Å². The minimum Gasteiger partial charge on any atom is -0.334 e. The molecule has 0 aliphatic carbocycles. The predicted octanol–water partition coefficient (Wildman–Crippen LogP) is 1.34. The smallest absolute Gasteiger partial charge is 0.0948 e. The zero-order valence-corrected chi connectivity index (χ0v) is 7.69. The minimum atomic E-state index is 0.696. The van der Waals surface area contributed by atoms with Crippen molar-refractivity contribution >= 4 is 0 Å². The summed E-state index contributed by atoms with van der Waals surface area (Å²) in [5, 5.41) is 3.65. The molecule has 0 saturated carbocycles. The Morgan fingerprint density at radius 1 is 1.23 bits per heavy atom. The fourth-order valence-electron chi connectivity index (χ4n) is 2.76. The molecule has 0 spiro atoms. The molecule has 3 nitrogen and oxygen atoms in total. The molecule has 0 radical (unpaired) electrons. The van der Waals surface area contributed by atoms with Crippen LogP contribution in [-0.2, 0) is 0 Å². The molecule has 13 heavy (non-hydrogen) atoms. The average molecular weight is 177 g/mol. The summed E-state index contributed by atoms with van der Waals surface area (Å²) in [6.45, 7) is 0. The van der Waals surface area contributed by atoms with E-state index >= 15 is 0 Å². The Morgan fingerprint density at radius 3 is 2.62 bits per heavy atom. The van der Waals surface area contributed by atoms with Gasteiger partial charge in [-0.25, -0.2) is 4.98 Å². The molecule has 0 aromatic carbocycles. The van der Waals surface area contributed by atoms with Crippen molar-refractivity contribution in [3.8, 4) is 0 Å². The number of imidazole rings is 1. The zero-order chi connectivity index (χ0) is 8.67. The summed E-state index contributed by atoms with van der Waals surface area (Å²) in [5.41, 5.74) is 0. The molecule has 3 rings (SSSR count). The highest BCUT2D eigenvalue weighted by Crippen LogP contribution is 2.33. The van der Waals surface area contributed by atoms with Crippen LogP contribution in [0.1, 0.15) is 31.7 Å². The van der Waals surface area contributed by atoms with Crippen LogP contribution in [0.25, 0.3) is 0 Å². The Kier molecular flexibility index (Phi) is 1.65. The maximum atomic E-state index is 4.11. The first-order valence-electron chi connectivity index (χ1n) is 5.15. The maximum Gasteiger partial charge on any atom is 0.0948 e. The fourth-order valence-corrected chi connectivity index (χ4v) is 2.76. The van der Waals surface area contributed by atoms with E-state index in [0.29, 0.717) is 6.04 Å². The molecular formula is C10H15N3. The lowest BCUT2D eigenvalue weighted by Gasteiger charge is -2.29. The van der Waals surface area contributed by atoms with E-state index in [9.17, 15) is 0 Å². The lowest BCUT2D eigenvalue weighted by molar-refractivity contribution is 0.298. The second kappa shape index (κ2) is 2.84. The predicted molar refractivity (Wildman–Crippen MR) is 50.4 cm³/mol. The molecule has 2 bridgehead atoms. The lowest BCUT2D eigenvalue weighted by atomic mass is 10.00. The third kappa shape index (κ3) is 1.27. The van der Waals surface area contributed by atoms with Crippen LogP contribution in [0.4, 0.5) is 0 Å². The highest BCUT2D eigenvalue weighted by molar-refractivity contribution is 4.95. The number of nitrogens with zero attached hydrogens (tertiary/aromatic N) is 2. The van der Waals surface area contributed by atoms with E-state index in [4.69, 9.17) is 0 Å². The Morgan fingerprint density at radius 2 is 2.00 bits per heavy atom. The molecule has 3 atom stereocenters. The molecule has 3 heteroatoms. The van der Waals surface area contributed by atoms with Crippen LogP contribution >= 0.6 is 0 Å². The third-order valence-corrected chi connectivity index (χ3v) is 3.39. The van der Waals surface area contributed by atoms with Gasteiger partial charge in [0.25, 0.3) is 0 Å². The number of aromatic nitrogens is 2. The number of rotatable bonds is 1. The van der Waals surface area contributed by atoms with Gasteiger partial charge < -0.3 is 9.88 Å². The van der Waals surface area contributed by atoms with Crippen molar-refractivity contribution in [1.82, 2.24) is 14.9 Å². The summed E-state index contributed by atoms with van der Waals surface area (Å²) in [6.07, 6.45) is 11.2. The molecule has 2 aliphatic rings. The number of hydrogen-bond donors (Lipinski definition) is 1. The SMILES string of the molecule is c1cn(C2C[C@H]3CC[C@@H](C2)N3)cn1. The van der Waals surface area contributed by atoms with Gasteiger partial charge in [0.2, 0.25) is 0 Å². The quantitative estimate of drug-likeness (QED) is 0.701. The molecule has 2 saturated heterocycles. The van der Waals surface area contributed by atoms with Crippen molar-refractivity contribution in [2.24, 2.45) is 0 Å². The molecule has 1 aromatic heterocycles. The van der Waals surface area contributed by atoms with Crippen molar-refractivity contribution < 1.29 is 0 Å². The Hall–Kier alpha value is -0.830. The van der Waals surface area contributed by atoms with E-state index in [2.05, 4.69) is 21.1 Å². The van der Waals surface area contributed by atoms with Gasteiger partial charge in [-0.15, -0.1) is 0 Å². The van der Waals surface area contributed by atoms with Crippen molar-refractivity contribution in [1.29, 1.82) is 0 Å². The van der Waals surface area contributed by atoms with Crippen molar-refractivity contribution in [3.63, 3.8) is 0 Å². The highest BCUT2D eigenvalue weighted by atomic mass is 15.1. The second-order valence-corrected chi connectivity index (χ2v) is 4.27. The highest BCUT2D eigenvalue weighted by Gasteiger charge is 2.33. The largest absolute Gasteiger partial charge is 0.334 e. The van der Waals surface area contributed by atoms with Gasteiger partial charge in [0.15, 0.2) is 0 Å². The van der Waals surface area contributed by atoms with Gasteiger partial charge >= 0.3 is 0 Å². The maximum absolute atomic E-state index is 4.11. The van der Waals surface area contributed by atoms with Crippen LogP contribution in [0.3, 0.4) is 0 Å².